The largest absolute Gasteiger partial charge is 0.481 e. The standard InChI is InChI=1S/C12H21F3N2O4/c1-11(2,3)17(5-4-9(19)20)10(21)16(6-7-18)8-12(13,14)15/h18H,4-8H2,1-3H3,(H,19,20). The third kappa shape index (κ3) is 7.74. The number of urea groups is 1. The molecule has 0 saturated heterocycles. The molecule has 2 N–H and O–H groups in total. The Kier molecular flexibility index (Phi) is 6.95. The first-order valence-electron chi connectivity index (χ1n) is 6.34. The number of hydrogen-bond acceptors (Lipinski definition) is 3. The molecule has 6 nitrogen and oxygen atoms in total. The Morgan fingerprint density at radius 2 is 1.62 bits per heavy atom. The molecule has 0 aliphatic rings. The van der Waals surface area contributed by atoms with Crippen molar-refractivity contribution in [2.24, 2.45) is 0 Å². The van der Waals surface area contributed by atoms with Crippen LogP contribution in [0.25, 0.3) is 0 Å². The zero-order valence-electron chi connectivity index (χ0n) is 12.3. The second-order valence-electron chi connectivity index (χ2n) is 5.51. The predicted molar refractivity (Wildman–Crippen MR) is 68.8 cm³/mol. The van der Waals surface area contributed by atoms with Gasteiger partial charge in [0.05, 0.1) is 13.0 Å². The summed E-state index contributed by atoms with van der Waals surface area (Å²) in [5, 5.41) is 17.5. The van der Waals surface area contributed by atoms with E-state index in [1.165, 1.54) is 0 Å². The lowest BCUT2D eigenvalue weighted by Gasteiger charge is -2.39. The van der Waals surface area contributed by atoms with Gasteiger partial charge >= 0.3 is 18.2 Å². The van der Waals surface area contributed by atoms with E-state index in [-0.39, 0.29) is 13.0 Å². The van der Waals surface area contributed by atoms with E-state index in [4.69, 9.17) is 10.2 Å². The van der Waals surface area contributed by atoms with E-state index in [2.05, 4.69) is 0 Å². The van der Waals surface area contributed by atoms with Crippen LogP contribution < -0.4 is 0 Å². The highest BCUT2D eigenvalue weighted by atomic mass is 19.4. The summed E-state index contributed by atoms with van der Waals surface area (Å²) in [6.07, 6.45) is -4.97. The Bertz CT molecular complexity index is 366. The van der Waals surface area contributed by atoms with E-state index in [1.807, 2.05) is 0 Å². The van der Waals surface area contributed by atoms with Gasteiger partial charge in [0.1, 0.15) is 6.54 Å². The van der Waals surface area contributed by atoms with E-state index in [9.17, 15) is 22.8 Å². The van der Waals surface area contributed by atoms with Crippen molar-refractivity contribution in [1.82, 2.24) is 9.80 Å². The van der Waals surface area contributed by atoms with E-state index < -0.39 is 43.4 Å². The van der Waals surface area contributed by atoms with Crippen LogP contribution in [0.1, 0.15) is 27.2 Å². The number of carbonyl (C=O) groups excluding carboxylic acids is 1. The summed E-state index contributed by atoms with van der Waals surface area (Å²) < 4.78 is 37.4. The van der Waals surface area contributed by atoms with Gasteiger partial charge < -0.3 is 20.0 Å². The number of aliphatic hydroxyl groups is 1. The third-order valence-corrected chi connectivity index (χ3v) is 2.60. The summed E-state index contributed by atoms with van der Waals surface area (Å²) in [5.74, 6) is -1.15. The molecule has 0 unspecified atom stereocenters. The van der Waals surface area contributed by atoms with Crippen LogP contribution in [0.2, 0.25) is 0 Å². The van der Waals surface area contributed by atoms with Gasteiger partial charge in [-0.05, 0) is 20.8 Å². The summed E-state index contributed by atoms with van der Waals surface area (Å²) in [5.41, 5.74) is -0.841. The highest BCUT2D eigenvalue weighted by molar-refractivity contribution is 5.76. The van der Waals surface area contributed by atoms with Crippen LogP contribution in [0.5, 0.6) is 0 Å². The molecule has 0 saturated carbocycles. The molecular weight excluding hydrogens is 293 g/mol. The summed E-state index contributed by atoms with van der Waals surface area (Å²) in [4.78, 5) is 24.3. The quantitative estimate of drug-likeness (QED) is 0.779. The van der Waals surface area contributed by atoms with E-state index >= 15 is 0 Å². The van der Waals surface area contributed by atoms with Crippen LogP contribution >= 0.6 is 0 Å². The van der Waals surface area contributed by atoms with Gasteiger partial charge in [0, 0.05) is 18.6 Å². The highest BCUT2D eigenvalue weighted by Crippen LogP contribution is 2.21. The molecule has 0 aromatic heterocycles. The van der Waals surface area contributed by atoms with Gasteiger partial charge in [-0.3, -0.25) is 4.79 Å². The van der Waals surface area contributed by atoms with E-state index in [0.29, 0.717) is 4.90 Å². The summed E-state index contributed by atoms with van der Waals surface area (Å²) in [7, 11) is 0. The number of carbonyl (C=O) groups is 2. The maximum absolute atomic E-state index is 12.5. The predicted octanol–water partition coefficient (Wildman–Crippen LogP) is 1.54. The molecule has 0 aliphatic carbocycles. The lowest BCUT2D eigenvalue weighted by Crippen LogP contribution is -2.54. The lowest BCUT2D eigenvalue weighted by atomic mass is 10.1. The van der Waals surface area contributed by atoms with Crippen molar-refractivity contribution in [3.8, 4) is 0 Å². The topological polar surface area (TPSA) is 81.1 Å². The van der Waals surface area contributed by atoms with Gasteiger partial charge in [0.2, 0.25) is 0 Å². The molecule has 9 heteroatoms. The Balaban J connectivity index is 5.15. The van der Waals surface area contributed by atoms with Crippen molar-refractivity contribution in [3.05, 3.63) is 0 Å². The van der Waals surface area contributed by atoms with Gasteiger partial charge in [-0.25, -0.2) is 4.79 Å². The van der Waals surface area contributed by atoms with Crippen LogP contribution in [-0.2, 0) is 4.79 Å². The molecule has 21 heavy (non-hydrogen) atoms. The first kappa shape index (κ1) is 19.5. The molecule has 0 spiro atoms. The zero-order valence-corrected chi connectivity index (χ0v) is 12.3. The van der Waals surface area contributed by atoms with Gasteiger partial charge in [0.25, 0.3) is 0 Å². The number of carboxylic acids is 1. The molecule has 0 radical (unpaired) electrons. The number of aliphatic carboxylic acids is 1. The minimum atomic E-state index is -4.60. The SMILES string of the molecule is CC(C)(C)N(CCC(=O)O)C(=O)N(CCO)CC(F)(F)F. The smallest absolute Gasteiger partial charge is 0.406 e. The molecule has 0 heterocycles. The summed E-state index contributed by atoms with van der Waals surface area (Å²) in [6.45, 7) is 1.99. The fourth-order valence-corrected chi connectivity index (χ4v) is 1.68. The second-order valence-corrected chi connectivity index (χ2v) is 5.51. The summed E-state index contributed by atoms with van der Waals surface area (Å²) >= 11 is 0. The zero-order chi connectivity index (χ0) is 16.8. The van der Waals surface area contributed by atoms with Crippen LogP contribution in [0.4, 0.5) is 18.0 Å². The normalized spacial score (nSPS) is 12.1. The number of rotatable bonds is 6. The first-order valence-corrected chi connectivity index (χ1v) is 6.34. The molecule has 0 atom stereocenters. The Morgan fingerprint density at radius 1 is 1.10 bits per heavy atom. The average Bonchev–Trinajstić information content (AvgIpc) is 2.24. The molecule has 124 valence electrons. The minimum Gasteiger partial charge on any atom is -0.481 e. The fraction of sp³-hybridized carbons (Fsp3) is 0.833. The first-order chi connectivity index (χ1) is 9.38. The molecular formula is C12H21F3N2O4. The van der Waals surface area contributed by atoms with E-state index in [1.54, 1.807) is 20.8 Å². The molecule has 0 fully saturated rings. The number of alkyl halides is 3. The maximum atomic E-state index is 12.5. The number of amides is 2. The number of halogens is 3. The fourth-order valence-electron chi connectivity index (χ4n) is 1.68. The molecule has 0 rings (SSSR count). The number of aliphatic hydroxyl groups excluding tert-OH is 1. The monoisotopic (exact) mass is 314 g/mol. The highest BCUT2D eigenvalue weighted by Gasteiger charge is 2.37. The third-order valence-electron chi connectivity index (χ3n) is 2.60. The van der Waals surface area contributed by atoms with Crippen molar-refractivity contribution in [1.29, 1.82) is 0 Å². The van der Waals surface area contributed by atoms with Crippen molar-refractivity contribution < 1.29 is 33.0 Å². The van der Waals surface area contributed by atoms with Crippen molar-refractivity contribution in [3.63, 3.8) is 0 Å². The minimum absolute atomic E-state index is 0.211. The second kappa shape index (κ2) is 7.48. The van der Waals surface area contributed by atoms with Crippen LogP contribution in [0.3, 0.4) is 0 Å². The van der Waals surface area contributed by atoms with Gasteiger partial charge in [-0.2, -0.15) is 13.2 Å². The van der Waals surface area contributed by atoms with Gasteiger partial charge in [-0.15, -0.1) is 0 Å². The number of hydrogen-bond donors (Lipinski definition) is 2. The van der Waals surface area contributed by atoms with Crippen molar-refractivity contribution in [2.75, 3.05) is 26.2 Å². The number of nitrogens with zero attached hydrogens (tertiary/aromatic N) is 2. The average molecular weight is 314 g/mol. The summed E-state index contributed by atoms with van der Waals surface area (Å²) in [6, 6.07) is -0.949. The molecule has 0 aromatic carbocycles. The molecule has 2 amide bonds. The van der Waals surface area contributed by atoms with Crippen LogP contribution in [0.15, 0.2) is 0 Å². The van der Waals surface area contributed by atoms with Crippen molar-refractivity contribution in [2.45, 2.75) is 38.9 Å². The lowest BCUT2D eigenvalue weighted by molar-refractivity contribution is -0.143. The maximum Gasteiger partial charge on any atom is 0.406 e. The molecule has 0 aliphatic heterocycles. The van der Waals surface area contributed by atoms with Gasteiger partial charge in [-0.1, -0.05) is 0 Å². The molecule has 0 aromatic rings. The Labute approximate surface area is 121 Å². The molecule has 0 bridgehead atoms. The van der Waals surface area contributed by atoms with Gasteiger partial charge in [0.15, 0.2) is 0 Å². The Morgan fingerprint density at radius 3 is 1.95 bits per heavy atom. The van der Waals surface area contributed by atoms with Crippen molar-refractivity contribution >= 4 is 12.0 Å². The van der Waals surface area contributed by atoms with E-state index in [0.717, 1.165) is 4.90 Å². The van der Waals surface area contributed by atoms with Crippen LogP contribution in [0, 0.1) is 0 Å². The van der Waals surface area contributed by atoms with Crippen LogP contribution in [-0.4, -0.2) is 70.0 Å². The Hall–Kier alpha value is -1.51. The number of carboxylic acid groups (broad SMARTS) is 1.